The number of rotatable bonds is 2. The Bertz CT molecular complexity index is 17.1. The Morgan fingerprint density at radius 3 is 2.40 bits per heavy atom. The molecule has 0 aromatic rings. The van der Waals surface area contributed by atoms with Crippen molar-refractivity contribution >= 4 is 22.8 Å². The van der Waals surface area contributed by atoms with Gasteiger partial charge in [0.05, 0.1) is 0 Å². The molecule has 5 heavy (non-hydrogen) atoms. The molecule has 1 nitrogen and oxygen atoms in total. The summed E-state index contributed by atoms with van der Waals surface area (Å²) in [5.74, 6) is 0. The van der Waals surface area contributed by atoms with Gasteiger partial charge >= 0.3 is 0 Å². The summed E-state index contributed by atoms with van der Waals surface area (Å²) in [6.45, 7) is 0.809. The lowest BCUT2D eigenvalue weighted by atomic mass is 10.8. The zero-order chi connectivity index (χ0) is 4.12. The van der Waals surface area contributed by atoms with Crippen LogP contribution in [0.3, 0.4) is 0 Å². The Morgan fingerprint density at radius 2 is 2.40 bits per heavy atom. The number of hydrogen-bond acceptors (Lipinski definition) is 1. The van der Waals surface area contributed by atoms with Crippen molar-refractivity contribution < 1.29 is 0 Å². The lowest BCUT2D eigenvalue weighted by molar-refractivity contribution is 1.15. The molecule has 32 valence electrons. The van der Waals surface area contributed by atoms with Gasteiger partial charge in [0.25, 0.3) is 0 Å². The fraction of sp³-hybridized carbons (Fsp3) is 1.00. The van der Waals surface area contributed by atoms with Gasteiger partial charge in [-0.05, 0) is 20.0 Å². The minimum atomic E-state index is 0.809. The molecule has 0 saturated carbocycles. The van der Waals surface area contributed by atoms with Crippen molar-refractivity contribution in [1.29, 1.82) is 0 Å². The van der Waals surface area contributed by atoms with Crippen molar-refractivity contribution in [2.75, 3.05) is 12.7 Å². The van der Waals surface area contributed by atoms with E-state index in [4.69, 9.17) is 5.73 Å². The summed E-state index contributed by atoms with van der Waals surface area (Å²) in [5.41, 5.74) is 5.12. The molecule has 0 bridgehead atoms. The Balaban J connectivity index is 2.19. The fourth-order valence-electron chi connectivity index (χ4n) is 0.0546. The monoisotopic (exact) mass is 155 g/mol. The van der Waals surface area contributed by atoms with Crippen molar-refractivity contribution in [3.8, 4) is 0 Å². The second kappa shape index (κ2) is 4.87. The lowest BCUT2D eigenvalue weighted by Crippen LogP contribution is -1.98. The molecule has 0 saturated heterocycles. The summed E-state index contributed by atoms with van der Waals surface area (Å²) in [4.78, 5) is 0. The molecule has 0 radical (unpaired) electrons. The quantitative estimate of drug-likeness (QED) is 0.591. The Morgan fingerprint density at radius 1 is 1.80 bits per heavy atom. The van der Waals surface area contributed by atoms with E-state index in [0.29, 0.717) is 0 Å². The van der Waals surface area contributed by atoms with E-state index in [0.717, 1.165) is 20.0 Å². The van der Waals surface area contributed by atoms with Crippen LogP contribution in [0.15, 0.2) is 0 Å². The summed E-state index contributed by atoms with van der Waals surface area (Å²) in [5, 5.41) is 0. The molecule has 1 unspecified atom stereocenters. The zero-order valence-electron chi connectivity index (χ0n) is 2.87. The van der Waals surface area contributed by atoms with Crippen LogP contribution >= 0.6 is 22.8 Å². The van der Waals surface area contributed by atoms with Crippen molar-refractivity contribution in [2.24, 2.45) is 5.73 Å². The maximum Gasteiger partial charge on any atom is -0.00325 e. The third kappa shape index (κ3) is 4.87. The van der Waals surface area contributed by atoms with Crippen LogP contribution in [0.1, 0.15) is 0 Å². The molecule has 1 atom stereocenters. The van der Waals surface area contributed by atoms with Crippen LogP contribution < -0.4 is 5.73 Å². The number of halogens is 1. The molecule has 0 aliphatic rings. The van der Waals surface area contributed by atoms with E-state index >= 15 is 0 Å². The number of nitrogens with two attached hydrogens (primary N) is 1. The molecule has 0 rings (SSSR count). The van der Waals surface area contributed by atoms with Crippen molar-refractivity contribution in [2.45, 2.75) is 0 Å². The van der Waals surface area contributed by atoms with Gasteiger partial charge in [-0.1, -0.05) is 15.5 Å². The van der Waals surface area contributed by atoms with Crippen LogP contribution in [-0.4, -0.2) is 12.7 Å². The van der Waals surface area contributed by atoms with Gasteiger partial charge in [-0.2, -0.15) is 0 Å². The van der Waals surface area contributed by atoms with E-state index in [1.54, 1.807) is 0 Å². The third-order valence-corrected chi connectivity index (χ3v) is 1.91. The fourth-order valence-corrected chi connectivity index (χ4v) is 0.850. The molecule has 0 heterocycles. The molecular weight excluding hydrogens is 149 g/mol. The molecule has 3 heteroatoms. The van der Waals surface area contributed by atoms with Gasteiger partial charge in [0.1, 0.15) is 0 Å². The van der Waals surface area contributed by atoms with Gasteiger partial charge in [-0.3, -0.25) is 0 Å². The van der Waals surface area contributed by atoms with Gasteiger partial charge in [-0.25, -0.2) is 0 Å². The average molecular weight is 156 g/mol. The largest absolute Gasteiger partial charge is 0.330 e. The first kappa shape index (κ1) is 5.87. The summed E-state index contributed by atoms with van der Waals surface area (Å²) in [6.07, 6.45) is 1.11. The highest BCUT2D eigenvalue weighted by Crippen LogP contribution is 2.16. The van der Waals surface area contributed by atoms with Gasteiger partial charge in [0.15, 0.2) is 0 Å². The standard InChI is InChI=1S/C2H7BrNP/c3-5-2-1-4/h5H,1-2,4H2. The Hall–Kier alpha value is 0.870. The first-order valence-electron chi connectivity index (χ1n) is 1.45. The van der Waals surface area contributed by atoms with Gasteiger partial charge in [0, 0.05) is 0 Å². The van der Waals surface area contributed by atoms with Gasteiger partial charge < -0.3 is 5.73 Å². The number of hydrogen-bond donors (Lipinski definition) is 1. The molecule has 0 aromatic carbocycles. The predicted octanol–water partition coefficient (Wildman–Crippen LogP) is 0.933. The molecule has 0 fully saturated rings. The minimum absolute atomic E-state index is 0.809. The molecule has 0 aliphatic carbocycles. The predicted molar refractivity (Wildman–Crippen MR) is 31.2 cm³/mol. The van der Waals surface area contributed by atoms with Crippen LogP contribution in [-0.2, 0) is 0 Å². The summed E-state index contributed by atoms with van der Waals surface area (Å²) >= 11 is 3.26. The van der Waals surface area contributed by atoms with Gasteiger partial charge in [-0.15, -0.1) is 0 Å². The SMILES string of the molecule is NCCPBr. The van der Waals surface area contributed by atoms with E-state index in [9.17, 15) is 0 Å². The Kier molecular flexibility index (Phi) is 5.72. The normalized spacial score (nSPS) is 10.8. The molecule has 0 aliphatic heterocycles. The summed E-state index contributed by atoms with van der Waals surface area (Å²) in [7, 11) is 0.845. The highest BCUT2D eigenvalue weighted by Gasteiger charge is 1.69. The van der Waals surface area contributed by atoms with Crippen molar-refractivity contribution in [1.82, 2.24) is 0 Å². The van der Waals surface area contributed by atoms with Crippen LogP contribution in [0, 0.1) is 0 Å². The van der Waals surface area contributed by atoms with E-state index in [2.05, 4.69) is 15.5 Å². The minimum Gasteiger partial charge on any atom is -0.330 e. The van der Waals surface area contributed by atoms with E-state index in [1.165, 1.54) is 0 Å². The van der Waals surface area contributed by atoms with E-state index in [-0.39, 0.29) is 0 Å². The first-order chi connectivity index (χ1) is 2.41. The van der Waals surface area contributed by atoms with Crippen molar-refractivity contribution in [3.63, 3.8) is 0 Å². The smallest absolute Gasteiger partial charge is 0.00325 e. The van der Waals surface area contributed by atoms with Crippen LogP contribution in [0.25, 0.3) is 0 Å². The van der Waals surface area contributed by atoms with Crippen LogP contribution in [0.2, 0.25) is 0 Å². The van der Waals surface area contributed by atoms with Gasteiger partial charge in [0.2, 0.25) is 0 Å². The second-order valence-corrected chi connectivity index (χ2v) is 3.12. The topological polar surface area (TPSA) is 26.0 Å². The third-order valence-electron chi connectivity index (χ3n) is 0.239. The average Bonchev–Trinajstić information content (AvgIpc) is 1.41. The first-order valence-corrected chi connectivity index (χ1v) is 4.91. The van der Waals surface area contributed by atoms with Crippen LogP contribution in [0.4, 0.5) is 0 Å². The molecular formula is C2H7BrNP. The zero-order valence-corrected chi connectivity index (χ0v) is 5.46. The Labute approximate surface area is 41.8 Å². The van der Waals surface area contributed by atoms with Crippen molar-refractivity contribution in [3.05, 3.63) is 0 Å². The summed E-state index contributed by atoms with van der Waals surface area (Å²) in [6, 6.07) is 0. The van der Waals surface area contributed by atoms with Crippen LogP contribution in [0.5, 0.6) is 0 Å². The van der Waals surface area contributed by atoms with E-state index in [1.807, 2.05) is 0 Å². The highest BCUT2D eigenvalue weighted by atomic mass is 79.9. The molecule has 0 amide bonds. The van der Waals surface area contributed by atoms with E-state index < -0.39 is 0 Å². The lowest BCUT2D eigenvalue weighted by Gasteiger charge is -1.79. The maximum atomic E-state index is 5.12. The molecule has 0 aromatic heterocycles. The maximum absolute atomic E-state index is 5.12. The second-order valence-electron chi connectivity index (χ2n) is 0.672. The highest BCUT2D eigenvalue weighted by molar-refractivity contribution is 9.36. The molecule has 0 spiro atoms. The summed E-state index contributed by atoms with van der Waals surface area (Å²) < 4.78 is 0. The molecule has 2 N–H and O–H groups in total.